The molecule has 0 aromatic carbocycles. The van der Waals surface area contributed by atoms with Crippen LogP contribution in [0.2, 0.25) is 0 Å². The first-order valence-corrected chi connectivity index (χ1v) is 8.25. The number of fused-ring (bicyclic) bond motifs is 1. The van der Waals surface area contributed by atoms with Crippen molar-refractivity contribution in [1.82, 2.24) is 14.8 Å². The molecular formula is C16H14N4OS. The molecule has 1 N–H and O–H groups in total. The van der Waals surface area contributed by atoms with Crippen LogP contribution in [0.4, 0.5) is 0 Å². The monoisotopic (exact) mass is 310 g/mol. The summed E-state index contributed by atoms with van der Waals surface area (Å²) in [6.45, 7) is 0. The molecule has 1 aliphatic rings. The lowest BCUT2D eigenvalue weighted by Crippen LogP contribution is -2.08. The first-order chi connectivity index (χ1) is 10.8. The quantitative estimate of drug-likeness (QED) is 0.788. The zero-order valence-corrected chi connectivity index (χ0v) is 12.7. The molecule has 6 heteroatoms. The lowest BCUT2D eigenvalue weighted by molar-refractivity contribution is 0.483. The van der Waals surface area contributed by atoms with Gasteiger partial charge in [-0.2, -0.15) is 10.4 Å². The maximum Gasteiger partial charge on any atom is 0.259 e. The average molecular weight is 310 g/mol. The van der Waals surface area contributed by atoms with Gasteiger partial charge in [-0.1, -0.05) is 12.8 Å². The van der Waals surface area contributed by atoms with Crippen LogP contribution in [0.15, 0.2) is 28.5 Å². The van der Waals surface area contributed by atoms with E-state index in [1.807, 2.05) is 16.1 Å². The van der Waals surface area contributed by atoms with Gasteiger partial charge in [-0.05, 0) is 25.0 Å². The summed E-state index contributed by atoms with van der Waals surface area (Å²) in [6.07, 6.45) is 6.31. The molecule has 0 saturated heterocycles. The van der Waals surface area contributed by atoms with Crippen LogP contribution in [-0.2, 0) is 0 Å². The van der Waals surface area contributed by atoms with Gasteiger partial charge in [0, 0.05) is 17.1 Å². The molecule has 0 bridgehead atoms. The van der Waals surface area contributed by atoms with Gasteiger partial charge in [-0.15, -0.1) is 11.3 Å². The molecule has 1 aliphatic carbocycles. The standard InChI is InChI=1S/C16H14N4OS/c17-8-12-7-10(9-22-12)15-14-13(5-6-18-16(14)21)20(19-15)11-3-1-2-4-11/h5-7,9,11H,1-4H2,(H,18,21). The molecule has 0 atom stereocenters. The third kappa shape index (κ3) is 1.97. The average Bonchev–Trinajstić information content (AvgIpc) is 3.26. The van der Waals surface area contributed by atoms with Crippen molar-refractivity contribution in [1.29, 1.82) is 5.26 Å². The van der Waals surface area contributed by atoms with Crippen molar-refractivity contribution in [2.75, 3.05) is 0 Å². The minimum absolute atomic E-state index is 0.124. The Morgan fingerprint density at radius 2 is 2.23 bits per heavy atom. The number of nitrogens with zero attached hydrogens (tertiary/aromatic N) is 3. The van der Waals surface area contributed by atoms with E-state index in [1.165, 1.54) is 24.2 Å². The summed E-state index contributed by atoms with van der Waals surface area (Å²) in [7, 11) is 0. The molecule has 3 heterocycles. The number of aromatic nitrogens is 3. The summed E-state index contributed by atoms with van der Waals surface area (Å²) in [5.74, 6) is 0. The Balaban J connectivity index is 1.98. The van der Waals surface area contributed by atoms with E-state index in [0.717, 1.165) is 23.9 Å². The molecule has 0 aliphatic heterocycles. The zero-order chi connectivity index (χ0) is 15.1. The van der Waals surface area contributed by atoms with Gasteiger partial charge in [0.2, 0.25) is 0 Å². The van der Waals surface area contributed by atoms with E-state index in [-0.39, 0.29) is 5.56 Å². The van der Waals surface area contributed by atoms with E-state index >= 15 is 0 Å². The van der Waals surface area contributed by atoms with E-state index < -0.39 is 0 Å². The maximum absolute atomic E-state index is 12.3. The maximum atomic E-state index is 12.3. The van der Waals surface area contributed by atoms with Gasteiger partial charge in [0.05, 0.1) is 16.9 Å². The predicted molar refractivity (Wildman–Crippen MR) is 85.9 cm³/mol. The van der Waals surface area contributed by atoms with Crippen molar-refractivity contribution in [3.8, 4) is 17.3 Å². The smallest absolute Gasteiger partial charge is 0.259 e. The van der Waals surface area contributed by atoms with Crippen LogP contribution in [0, 0.1) is 11.3 Å². The van der Waals surface area contributed by atoms with E-state index in [4.69, 9.17) is 10.4 Å². The zero-order valence-electron chi connectivity index (χ0n) is 11.9. The third-order valence-corrected chi connectivity index (χ3v) is 5.12. The number of hydrogen-bond donors (Lipinski definition) is 1. The summed E-state index contributed by atoms with van der Waals surface area (Å²) in [4.78, 5) is 15.7. The summed E-state index contributed by atoms with van der Waals surface area (Å²) in [5, 5.41) is 16.3. The highest BCUT2D eigenvalue weighted by Crippen LogP contribution is 2.35. The molecular weight excluding hydrogens is 296 g/mol. The van der Waals surface area contributed by atoms with Crippen LogP contribution in [0.5, 0.6) is 0 Å². The fourth-order valence-electron chi connectivity index (χ4n) is 3.25. The number of hydrogen-bond acceptors (Lipinski definition) is 4. The first kappa shape index (κ1) is 13.3. The molecule has 1 fully saturated rings. The Kier molecular flexibility index (Phi) is 3.09. The molecule has 3 aromatic rings. The molecule has 22 heavy (non-hydrogen) atoms. The topological polar surface area (TPSA) is 74.5 Å². The predicted octanol–water partition coefficient (Wildman–Crippen LogP) is 3.44. The van der Waals surface area contributed by atoms with Crippen LogP contribution >= 0.6 is 11.3 Å². The number of aromatic amines is 1. The van der Waals surface area contributed by atoms with Crippen molar-refractivity contribution in [3.63, 3.8) is 0 Å². The second kappa shape index (κ2) is 5.11. The fourth-order valence-corrected chi connectivity index (χ4v) is 3.93. The lowest BCUT2D eigenvalue weighted by Gasteiger charge is -2.10. The second-order valence-corrected chi connectivity index (χ2v) is 6.52. The highest BCUT2D eigenvalue weighted by atomic mass is 32.1. The number of thiophene rings is 1. The number of pyridine rings is 1. The Morgan fingerprint density at radius 1 is 1.41 bits per heavy atom. The normalized spacial score (nSPS) is 15.4. The highest BCUT2D eigenvalue weighted by Gasteiger charge is 2.23. The van der Waals surface area contributed by atoms with Crippen molar-refractivity contribution in [2.24, 2.45) is 0 Å². The molecule has 1 saturated carbocycles. The van der Waals surface area contributed by atoms with E-state index in [2.05, 4.69) is 11.1 Å². The van der Waals surface area contributed by atoms with Gasteiger partial charge >= 0.3 is 0 Å². The highest BCUT2D eigenvalue weighted by molar-refractivity contribution is 7.10. The molecule has 0 spiro atoms. The van der Waals surface area contributed by atoms with Crippen LogP contribution in [-0.4, -0.2) is 14.8 Å². The largest absolute Gasteiger partial charge is 0.328 e. The minimum atomic E-state index is -0.124. The lowest BCUT2D eigenvalue weighted by atomic mass is 10.1. The first-order valence-electron chi connectivity index (χ1n) is 7.37. The van der Waals surface area contributed by atoms with E-state index in [9.17, 15) is 4.79 Å². The van der Waals surface area contributed by atoms with Crippen molar-refractivity contribution in [3.05, 3.63) is 38.9 Å². The molecule has 3 aromatic heterocycles. The summed E-state index contributed by atoms with van der Waals surface area (Å²) >= 11 is 1.38. The fraction of sp³-hybridized carbons (Fsp3) is 0.312. The second-order valence-electron chi connectivity index (χ2n) is 5.61. The number of H-pyrrole nitrogens is 1. The van der Waals surface area contributed by atoms with Crippen LogP contribution in [0.3, 0.4) is 0 Å². The molecule has 0 radical (unpaired) electrons. The number of nitrogens with one attached hydrogen (secondary N) is 1. The van der Waals surface area contributed by atoms with Crippen molar-refractivity contribution in [2.45, 2.75) is 31.7 Å². The Bertz CT molecular complexity index is 937. The third-order valence-electron chi connectivity index (χ3n) is 4.28. The Hall–Kier alpha value is -2.39. The molecule has 0 amide bonds. The van der Waals surface area contributed by atoms with Gasteiger partial charge < -0.3 is 4.98 Å². The Labute approximate surface area is 130 Å². The van der Waals surface area contributed by atoms with Gasteiger partial charge in [-0.25, -0.2) is 0 Å². The molecule has 110 valence electrons. The summed E-state index contributed by atoms with van der Waals surface area (Å²) in [5.41, 5.74) is 2.29. The molecule has 5 nitrogen and oxygen atoms in total. The van der Waals surface area contributed by atoms with Crippen molar-refractivity contribution >= 4 is 22.2 Å². The minimum Gasteiger partial charge on any atom is -0.328 e. The number of nitriles is 1. The molecule has 0 unspecified atom stereocenters. The van der Waals surface area contributed by atoms with E-state index in [1.54, 1.807) is 12.3 Å². The van der Waals surface area contributed by atoms with Gasteiger partial charge in [0.15, 0.2) is 0 Å². The van der Waals surface area contributed by atoms with Crippen LogP contribution < -0.4 is 5.56 Å². The van der Waals surface area contributed by atoms with Crippen LogP contribution in [0.1, 0.15) is 36.6 Å². The SMILES string of the molecule is N#Cc1cc(-c2nn(C3CCCC3)c3cc[nH]c(=O)c23)cs1. The summed E-state index contributed by atoms with van der Waals surface area (Å²) in [6, 6.07) is 6.23. The summed E-state index contributed by atoms with van der Waals surface area (Å²) < 4.78 is 2.01. The van der Waals surface area contributed by atoms with Gasteiger partial charge in [0.1, 0.15) is 16.6 Å². The van der Waals surface area contributed by atoms with Crippen LogP contribution in [0.25, 0.3) is 22.2 Å². The Morgan fingerprint density at radius 3 is 2.95 bits per heavy atom. The van der Waals surface area contributed by atoms with E-state index in [0.29, 0.717) is 22.0 Å². The van der Waals surface area contributed by atoms with Gasteiger partial charge in [-0.3, -0.25) is 9.48 Å². The molecule has 4 rings (SSSR count). The number of rotatable bonds is 2. The van der Waals surface area contributed by atoms with Crippen molar-refractivity contribution < 1.29 is 0 Å². The van der Waals surface area contributed by atoms with Gasteiger partial charge in [0.25, 0.3) is 5.56 Å².